The molecule has 8 heterocycles. The summed E-state index contributed by atoms with van der Waals surface area (Å²) in [6.07, 6.45) is 5.25. The molecule has 0 radical (unpaired) electrons. The highest BCUT2D eigenvalue weighted by atomic mass is 79.9. The molecule has 8 aliphatic heterocycles. The first-order valence-electron chi connectivity index (χ1n) is 25.7. The molecule has 0 spiro atoms. The van der Waals surface area contributed by atoms with Crippen LogP contribution < -0.4 is 0 Å². The zero-order valence-electron chi connectivity index (χ0n) is 41.9. The van der Waals surface area contributed by atoms with Gasteiger partial charge in [-0.15, -0.1) is 0 Å². The monoisotopic (exact) mass is 1030 g/mol. The number of benzene rings is 1. The average Bonchev–Trinajstić information content (AvgIpc) is 3.83. The fourth-order valence-corrected chi connectivity index (χ4v) is 13.4. The van der Waals surface area contributed by atoms with E-state index in [1.165, 1.54) is 0 Å². The number of carbonyl (C=O) groups excluding carboxylic acids is 3. The summed E-state index contributed by atoms with van der Waals surface area (Å²) in [5.74, 6) is -0.493. The molecular formula is C54H79BrO12Si. The Balaban J connectivity index is 0.924. The van der Waals surface area contributed by atoms with Gasteiger partial charge in [0.2, 0.25) is 0 Å². The van der Waals surface area contributed by atoms with E-state index >= 15 is 0 Å². The molecule has 6 bridgehead atoms. The van der Waals surface area contributed by atoms with Crippen LogP contribution in [0.15, 0.2) is 53.5 Å². The van der Waals surface area contributed by atoms with Gasteiger partial charge >= 0.3 is 5.97 Å². The lowest BCUT2D eigenvalue weighted by molar-refractivity contribution is -0.292. The summed E-state index contributed by atoms with van der Waals surface area (Å²) in [5.41, 5.74) is 1.56. The van der Waals surface area contributed by atoms with Crippen molar-refractivity contribution >= 4 is 42.3 Å². The molecule has 9 rings (SSSR count). The Bertz CT molecular complexity index is 1960. The van der Waals surface area contributed by atoms with Crippen LogP contribution in [0.4, 0.5) is 0 Å². The molecule has 1 aromatic carbocycles. The number of Topliss-reactive ketones (excluding diaryl/α,β-unsaturated/α-hetero) is 1. The van der Waals surface area contributed by atoms with Gasteiger partial charge in [0.15, 0.2) is 14.1 Å². The van der Waals surface area contributed by atoms with Crippen LogP contribution >= 0.6 is 15.9 Å². The van der Waals surface area contributed by atoms with Crippen molar-refractivity contribution < 1.29 is 56.7 Å². The third-order valence-electron chi connectivity index (χ3n) is 16.9. The molecule has 18 atom stereocenters. The zero-order chi connectivity index (χ0) is 48.7. The molecule has 378 valence electrons. The van der Waals surface area contributed by atoms with Crippen molar-refractivity contribution in [1.29, 1.82) is 0 Å². The van der Waals surface area contributed by atoms with Crippen molar-refractivity contribution in [2.75, 3.05) is 6.61 Å². The van der Waals surface area contributed by atoms with Crippen molar-refractivity contribution in [2.45, 2.75) is 228 Å². The van der Waals surface area contributed by atoms with Crippen molar-refractivity contribution in [3.05, 3.63) is 59.1 Å². The number of hydrogen-bond acceptors (Lipinski definition) is 12. The lowest BCUT2D eigenvalue weighted by Crippen LogP contribution is -2.61. The van der Waals surface area contributed by atoms with E-state index in [0.717, 1.165) is 35.6 Å². The first kappa shape index (κ1) is 52.2. The van der Waals surface area contributed by atoms with E-state index < -0.39 is 32.4 Å². The number of fused-ring (bicyclic) bond motifs is 1. The second kappa shape index (κ2) is 21.5. The number of ether oxygens (including phenoxy) is 8. The number of halogens is 1. The van der Waals surface area contributed by atoms with E-state index in [0.29, 0.717) is 70.0 Å². The van der Waals surface area contributed by atoms with Gasteiger partial charge < -0.3 is 47.1 Å². The minimum absolute atomic E-state index is 0.00602. The van der Waals surface area contributed by atoms with Crippen molar-refractivity contribution in [3.63, 3.8) is 0 Å². The van der Waals surface area contributed by atoms with Crippen LogP contribution in [0.25, 0.3) is 0 Å². The molecule has 68 heavy (non-hydrogen) atoms. The zero-order valence-corrected chi connectivity index (χ0v) is 44.5. The maximum Gasteiger partial charge on any atom is 0.338 e. The van der Waals surface area contributed by atoms with Crippen LogP contribution in [0.1, 0.15) is 135 Å². The Morgan fingerprint density at radius 1 is 0.926 bits per heavy atom. The maximum atomic E-state index is 14.4. The number of hydrogen-bond donors (Lipinski definition) is 0. The van der Waals surface area contributed by atoms with Crippen LogP contribution in [0.3, 0.4) is 0 Å². The largest absolute Gasteiger partial charge is 0.458 e. The molecule has 1 unspecified atom stereocenters. The standard InChI is InChI=1S/C54H79BrO12Si/c1-31(30-59-68(9,10)53(6,7)8)23-43-35(5)41(45(63-43)28-44-34(4)32(2)24-38(60-44)17-14-22-56)27-37(57)26-39-18-19-42-47(61-39)51-50-49(64-42)48-46(65-50)29-54(66-48,67-51)21-20-40(25-33(3)55)62-52(58)36-15-12-11-13-16-36/h11-13,15-16,22,31-32,35,38-51H,3-4,14,17-21,23-30H2,1-2,5-10H3/t31-,32+,35+,38-,39-,40-,41+,42-,43+,44+,45?,46+,47-,48-,49-,50+,51-,54-/m0/s1. The summed E-state index contributed by atoms with van der Waals surface area (Å²) in [4.78, 5) is 38.9. The molecule has 8 aliphatic rings. The van der Waals surface area contributed by atoms with Crippen LogP contribution in [-0.2, 0) is 51.9 Å². The van der Waals surface area contributed by atoms with Gasteiger partial charge in [0.1, 0.15) is 48.7 Å². The Morgan fingerprint density at radius 3 is 2.37 bits per heavy atom. The number of aldehydes is 1. The lowest BCUT2D eigenvalue weighted by Gasteiger charge is -2.47. The van der Waals surface area contributed by atoms with Gasteiger partial charge in [0, 0.05) is 51.6 Å². The second-order valence-electron chi connectivity index (χ2n) is 23.0. The van der Waals surface area contributed by atoms with Crippen LogP contribution in [-0.4, -0.2) is 118 Å². The number of rotatable bonds is 21. The van der Waals surface area contributed by atoms with Crippen molar-refractivity contribution in [3.8, 4) is 0 Å². The van der Waals surface area contributed by atoms with Crippen molar-refractivity contribution in [2.24, 2.45) is 23.7 Å². The van der Waals surface area contributed by atoms with E-state index in [1.54, 1.807) is 12.1 Å². The number of esters is 1. The predicted molar refractivity (Wildman–Crippen MR) is 264 cm³/mol. The molecule has 0 N–H and O–H groups in total. The molecule has 8 fully saturated rings. The topological polar surface area (TPSA) is 134 Å². The van der Waals surface area contributed by atoms with Crippen molar-refractivity contribution in [1.82, 2.24) is 0 Å². The van der Waals surface area contributed by atoms with E-state index in [9.17, 15) is 14.4 Å². The van der Waals surface area contributed by atoms with E-state index in [2.05, 4.69) is 83.7 Å². The normalized spacial score (nSPS) is 38.4. The van der Waals surface area contributed by atoms with Crippen LogP contribution in [0, 0.1) is 23.7 Å². The highest BCUT2D eigenvalue weighted by Crippen LogP contribution is 2.54. The second-order valence-corrected chi connectivity index (χ2v) is 29.0. The third-order valence-corrected chi connectivity index (χ3v) is 21.7. The highest BCUT2D eigenvalue weighted by molar-refractivity contribution is 9.11. The summed E-state index contributed by atoms with van der Waals surface area (Å²) in [5, 5.41) is 0.126. The quantitative estimate of drug-likeness (QED) is 0.0502. The molecular weight excluding hydrogens is 949 g/mol. The van der Waals surface area contributed by atoms with E-state index in [1.807, 2.05) is 18.2 Å². The van der Waals surface area contributed by atoms with Gasteiger partial charge in [-0.2, -0.15) is 0 Å². The van der Waals surface area contributed by atoms with Gasteiger partial charge in [-0.1, -0.05) is 88.8 Å². The summed E-state index contributed by atoms with van der Waals surface area (Å²) in [6, 6.07) is 9.00. The molecule has 0 amide bonds. The first-order chi connectivity index (χ1) is 32.2. The molecule has 0 aliphatic carbocycles. The minimum Gasteiger partial charge on any atom is -0.458 e. The van der Waals surface area contributed by atoms with Gasteiger partial charge in [0.05, 0.1) is 48.3 Å². The summed E-state index contributed by atoms with van der Waals surface area (Å²) >= 11 is 3.49. The summed E-state index contributed by atoms with van der Waals surface area (Å²) in [7, 11) is -1.92. The van der Waals surface area contributed by atoms with Gasteiger partial charge in [-0.05, 0) is 103 Å². The molecule has 12 nitrogen and oxygen atoms in total. The molecule has 8 saturated heterocycles. The number of ketones is 1. The molecule has 1 aromatic rings. The SMILES string of the molecule is C=C(Br)C[C@H](CC[C@@]12C[C@H]3O[C@H]4[C@@H](O1)[C@H]1O[C@H](CC(=O)C[C@H]5C(C[C@H]6O[C@@H](CCC=O)C[C@@H](C)C6=C)O[C@H](C[C@H](C)CO[Si](C)(C)C(C)(C)C)[C@@H]5C)CC[C@@H]1O[C@H]4[C@H]3O2)OC(=O)c1ccccc1. The van der Waals surface area contributed by atoms with Gasteiger partial charge in [0.25, 0.3) is 0 Å². The smallest absolute Gasteiger partial charge is 0.338 e. The summed E-state index contributed by atoms with van der Waals surface area (Å²) in [6.45, 7) is 27.3. The molecule has 0 saturated carbocycles. The molecule has 0 aromatic heterocycles. The Kier molecular flexibility index (Phi) is 16.5. The lowest BCUT2D eigenvalue weighted by atomic mass is 9.78. The maximum absolute atomic E-state index is 14.4. The highest BCUT2D eigenvalue weighted by Gasteiger charge is 2.68. The van der Waals surface area contributed by atoms with E-state index in [-0.39, 0.29) is 108 Å². The summed E-state index contributed by atoms with van der Waals surface area (Å²) < 4.78 is 61.3. The Morgan fingerprint density at radius 2 is 1.65 bits per heavy atom. The third kappa shape index (κ3) is 11.7. The predicted octanol–water partition coefficient (Wildman–Crippen LogP) is 10.4. The van der Waals surface area contributed by atoms with Gasteiger partial charge in [-0.25, -0.2) is 4.79 Å². The fourth-order valence-electron chi connectivity index (χ4n) is 11.9. The van der Waals surface area contributed by atoms with Crippen LogP contribution in [0.5, 0.6) is 0 Å². The Hall–Kier alpha value is -2.11. The number of carbonyl (C=O) groups is 3. The average molecular weight is 1030 g/mol. The van der Waals surface area contributed by atoms with Gasteiger partial charge in [-0.3, -0.25) is 4.79 Å². The van der Waals surface area contributed by atoms with Crippen LogP contribution in [0.2, 0.25) is 18.1 Å². The minimum atomic E-state index is -1.92. The first-order valence-corrected chi connectivity index (χ1v) is 29.4. The van der Waals surface area contributed by atoms with E-state index in [4.69, 9.17) is 42.3 Å². The fraction of sp³-hybridized carbons (Fsp3) is 0.759. The molecule has 14 heteroatoms. The Labute approximate surface area is 414 Å².